The van der Waals surface area contributed by atoms with Gasteiger partial charge in [0.1, 0.15) is 10.7 Å². The number of nitrogen functional groups attached to an aromatic ring is 1. The fourth-order valence-electron chi connectivity index (χ4n) is 1.93. The monoisotopic (exact) mass is 294 g/mol. The molecule has 0 unspecified atom stereocenters. The molecule has 0 aliphatic carbocycles. The highest BCUT2D eigenvalue weighted by Gasteiger charge is 2.19. The summed E-state index contributed by atoms with van der Waals surface area (Å²) in [4.78, 5) is -0.137. The highest BCUT2D eigenvalue weighted by molar-refractivity contribution is 7.92. The lowest BCUT2D eigenvalue weighted by molar-refractivity contribution is 0.600. The second-order valence-corrected chi connectivity index (χ2v) is 6.21. The van der Waals surface area contributed by atoms with Gasteiger partial charge in [-0.3, -0.25) is 4.72 Å². The minimum atomic E-state index is -3.85. The fourth-order valence-corrected chi connectivity index (χ4v) is 3.25. The normalized spacial score (nSPS) is 11.3. The first-order valence-electron chi connectivity index (χ1n) is 5.95. The van der Waals surface area contributed by atoms with Crippen LogP contribution in [0.25, 0.3) is 0 Å². The molecule has 0 aliphatic rings. The van der Waals surface area contributed by atoms with Gasteiger partial charge >= 0.3 is 0 Å². The van der Waals surface area contributed by atoms with Crippen LogP contribution in [0, 0.1) is 19.7 Å². The van der Waals surface area contributed by atoms with Crippen LogP contribution in [-0.4, -0.2) is 8.42 Å². The summed E-state index contributed by atoms with van der Waals surface area (Å²) in [6.07, 6.45) is 0. The van der Waals surface area contributed by atoms with Gasteiger partial charge in [-0.05, 0) is 43.2 Å². The molecule has 106 valence electrons. The smallest absolute Gasteiger partial charge is 0.263 e. The lowest BCUT2D eigenvalue weighted by Gasteiger charge is -2.14. The van der Waals surface area contributed by atoms with E-state index in [1.807, 2.05) is 6.07 Å². The van der Waals surface area contributed by atoms with E-state index in [0.717, 1.165) is 29.3 Å². The lowest BCUT2D eigenvalue weighted by Crippen LogP contribution is -2.16. The number of rotatable bonds is 3. The summed E-state index contributed by atoms with van der Waals surface area (Å²) in [6, 6.07) is 8.65. The second-order valence-electron chi connectivity index (χ2n) is 4.55. The maximum atomic E-state index is 13.0. The standard InChI is InChI=1S/C14H15FN2O2S/c1-9-4-3-5-10(2)14(9)17-20(18,19)13-7-6-11(15)8-12(13)16/h3-8,17H,16H2,1-2H3. The predicted octanol–water partition coefficient (Wildman–Crippen LogP) is 2.83. The predicted molar refractivity (Wildman–Crippen MR) is 77.5 cm³/mol. The van der Waals surface area contributed by atoms with Gasteiger partial charge in [-0.15, -0.1) is 0 Å². The third-order valence-corrected chi connectivity index (χ3v) is 4.40. The van der Waals surface area contributed by atoms with Crippen molar-refractivity contribution in [2.75, 3.05) is 10.5 Å². The van der Waals surface area contributed by atoms with Crippen molar-refractivity contribution in [1.29, 1.82) is 0 Å². The van der Waals surface area contributed by atoms with Gasteiger partial charge in [-0.25, -0.2) is 12.8 Å². The third kappa shape index (κ3) is 2.75. The van der Waals surface area contributed by atoms with Crippen molar-refractivity contribution in [3.63, 3.8) is 0 Å². The molecule has 0 amide bonds. The Bertz CT molecular complexity index is 738. The first kappa shape index (κ1) is 14.3. The molecule has 20 heavy (non-hydrogen) atoms. The van der Waals surface area contributed by atoms with Crippen molar-refractivity contribution in [3.8, 4) is 0 Å². The Morgan fingerprint density at radius 1 is 1.10 bits per heavy atom. The fraction of sp³-hybridized carbons (Fsp3) is 0.143. The quantitative estimate of drug-likeness (QED) is 0.855. The Hall–Kier alpha value is -2.08. The van der Waals surface area contributed by atoms with Crippen molar-refractivity contribution in [3.05, 3.63) is 53.3 Å². The lowest BCUT2D eigenvalue weighted by atomic mass is 10.1. The number of sulfonamides is 1. The van der Waals surface area contributed by atoms with Crippen molar-refractivity contribution in [1.82, 2.24) is 0 Å². The maximum absolute atomic E-state index is 13.0. The molecule has 0 spiro atoms. The summed E-state index contributed by atoms with van der Waals surface area (Å²) < 4.78 is 40.1. The summed E-state index contributed by atoms with van der Waals surface area (Å²) in [6.45, 7) is 3.61. The SMILES string of the molecule is Cc1cccc(C)c1NS(=O)(=O)c1ccc(F)cc1N. The van der Waals surface area contributed by atoms with E-state index in [0.29, 0.717) is 5.69 Å². The van der Waals surface area contributed by atoms with Crippen LogP contribution in [-0.2, 0) is 10.0 Å². The Morgan fingerprint density at radius 2 is 1.70 bits per heavy atom. The van der Waals surface area contributed by atoms with Crippen molar-refractivity contribution in [2.24, 2.45) is 0 Å². The minimum Gasteiger partial charge on any atom is -0.398 e. The van der Waals surface area contributed by atoms with Crippen LogP contribution in [0.3, 0.4) is 0 Å². The Kier molecular flexibility index (Phi) is 3.67. The highest BCUT2D eigenvalue weighted by Crippen LogP contribution is 2.26. The van der Waals surface area contributed by atoms with Crippen molar-refractivity contribution >= 4 is 21.4 Å². The molecule has 4 nitrogen and oxygen atoms in total. The third-order valence-electron chi connectivity index (χ3n) is 2.98. The van der Waals surface area contributed by atoms with E-state index in [1.165, 1.54) is 0 Å². The number of aryl methyl sites for hydroxylation is 2. The van der Waals surface area contributed by atoms with Crippen molar-refractivity contribution < 1.29 is 12.8 Å². The van der Waals surface area contributed by atoms with Crippen molar-refractivity contribution in [2.45, 2.75) is 18.7 Å². The van der Waals surface area contributed by atoms with Gasteiger partial charge in [0.2, 0.25) is 0 Å². The van der Waals surface area contributed by atoms with Crippen LogP contribution in [0.5, 0.6) is 0 Å². The zero-order valence-electron chi connectivity index (χ0n) is 11.1. The Morgan fingerprint density at radius 3 is 2.25 bits per heavy atom. The largest absolute Gasteiger partial charge is 0.398 e. The molecular formula is C14H15FN2O2S. The number of nitrogens with two attached hydrogens (primary N) is 1. The van der Waals surface area contributed by atoms with Crippen LogP contribution < -0.4 is 10.5 Å². The molecule has 0 aromatic heterocycles. The van der Waals surface area contributed by atoms with Gasteiger partial charge in [0.25, 0.3) is 10.0 Å². The molecule has 0 saturated carbocycles. The van der Waals surface area contributed by atoms with Gasteiger partial charge < -0.3 is 5.73 Å². The van der Waals surface area contributed by atoms with Crippen LogP contribution >= 0.6 is 0 Å². The summed E-state index contributed by atoms with van der Waals surface area (Å²) in [5.41, 5.74) is 7.57. The molecule has 0 bridgehead atoms. The van der Waals surface area contributed by atoms with E-state index in [9.17, 15) is 12.8 Å². The molecule has 0 heterocycles. The molecule has 0 saturated heterocycles. The topological polar surface area (TPSA) is 72.2 Å². The van der Waals surface area contributed by atoms with Crippen LogP contribution in [0.2, 0.25) is 0 Å². The molecule has 0 fully saturated rings. The van der Waals surface area contributed by atoms with E-state index >= 15 is 0 Å². The van der Waals surface area contributed by atoms with Gasteiger partial charge in [0.05, 0.1) is 11.4 Å². The number of hydrogen-bond acceptors (Lipinski definition) is 3. The average molecular weight is 294 g/mol. The Balaban J connectivity index is 2.46. The Labute approximate surface area is 117 Å². The molecule has 3 N–H and O–H groups in total. The molecular weight excluding hydrogens is 279 g/mol. The molecule has 6 heteroatoms. The van der Waals surface area contributed by atoms with Crippen LogP contribution in [0.1, 0.15) is 11.1 Å². The number of hydrogen-bond donors (Lipinski definition) is 2. The number of nitrogens with one attached hydrogen (secondary N) is 1. The van der Waals surface area contributed by atoms with E-state index in [-0.39, 0.29) is 10.6 Å². The first-order valence-corrected chi connectivity index (χ1v) is 7.43. The first-order chi connectivity index (χ1) is 9.31. The van der Waals surface area contributed by atoms with Gasteiger partial charge in [0.15, 0.2) is 0 Å². The van der Waals surface area contributed by atoms with E-state index in [4.69, 9.17) is 5.73 Å². The highest BCUT2D eigenvalue weighted by atomic mass is 32.2. The molecule has 0 atom stereocenters. The summed E-state index contributed by atoms with van der Waals surface area (Å²) in [5, 5.41) is 0. The van der Waals surface area contributed by atoms with E-state index in [2.05, 4.69) is 4.72 Å². The maximum Gasteiger partial charge on any atom is 0.263 e. The second kappa shape index (κ2) is 5.13. The number of anilines is 2. The van der Waals surface area contributed by atoms with Gasteiger partial charge in [0, 0.05) is 0 Å². The number of halogens is 1. The zero-order chi connectivity index (χ0) is 14.9. The summed E-state index contributed by atoms with van der Waals surface area (Å²) >= 11 is 0. The van der Waals surface area contributed by atoms with Gasteiger partial charge in [-0.2, -0.15) is 0 Å². The van der Waals surface area contributed by atoms with E-state index < -0.39 is 15.8 Å². The molecule has 2 aromatic rings. The average Bonchev–Trinajstić information content (AvgIpc) is 2.33. The summed E-state index contributed by atoms with van der Waals surface area (Å²) in [7, 11) is -3.85. The molecule has 2 aromatic carbocycles. The molecule has 0 radical (unpaired) electrons. The zero-order valence-corrected chi connectivity index (χ0v) is 12.0. The van der Waals surface area contributed by atoms with Crippen LogP contribution in [0.15, 0.2) is 41.3 Å². The number of para-hydroxylation sites is 1. The summed E-state index contributed by atoms with van der Waals surface area (Å²) in [5.74, 6) is -0.575. The van der Waals surface area contributed by atoms with Crippen LogP contribution in [0.4, 0.5) is 15.8 Å². The molecule has 2 rings (SSSR count). The van der Waals surface area contributed by atoms with Gasteiger partial charge in [-0.1, -0.05) is 18.2 Å². The number of benzene rings is 2. The molecule has 0 aliphatic heterocycles. The van der Waals surface area contributed by atoms with E-state index in [1.54, 1.807) is 26.0 Å². The minimum absolute atomic E-state index is 0.122.